The van der Waals surface area contributed by atoms with Crippen molar-refractivity contribution in [3.05, 3.63) is 54.2 Å². The average molecular weight is 447 g/mol. The van der Waals surface area contributed by atoms with Gasteiger partial charge in [-0.15, -0.1) is 0 Å². The number of pyridine rings is 1. The molecule has 3 aliphatic rings. The molecule has 2 saturated heterocycles. The highest BCUT2D eigenvalue weighted by Gasteiger charge is 2.42. The zero-order valence-corrected chi connectivity index (χ0v) is 19.1. The molecular weight excluding hydrogens is 416 g/mol. The van der Waals surface area contributed by atoms with Crippen molar-refractivity contribution in [1.29, 1.82) is 0 Å². The maximum Gasteiger partial charge on any atom is 0.177 e. The monoisotopic (exact) mass is 446 g/mol. The predicted octanol–water partition coefficient (Wildman–Crippen LogP) is 5.14. The maximum absolute atomic E-state index is 6.53. The molecule has 1 atom stereocenters. The fourth-order valence-electron chi connectivity index (χ4n) is 5.39. The van der Waals surface area contributed by atoms with Gasteiger partial charge in [-0.05, 0) is 48.2 Å². The number of nitrogens with zero attached hydrogens (tertiary/aromatic N) is 2. The highest BCUT2D eigenvalue weighted by molar-refractivity contribution is 5.92. The highest BCUT2D eigenvalue weighted by Crippen LogP contribution is 2.44. The van der Waals surface area contributed by atoms with Crippen LogP contribution < -0.4 is 9.47 Å². The molecule has 6 nitrogen and oxygen atoms in total. The van der Waals surface area contributed by atoms with Crippen LogP contribution in [-0.2, 0) is 16.0 Å². The Morgan fingerprint density at radius 2 is 2.00 bits per heavy atom. The van der Waals surface area contributed by atoms with E-state index >= 15 is 0 Å². The van der Waals surface area contributed by atoms with Gasteiger partial charge in [0, 0.05) is 62.5 Å². The summed E-state index contributed by atoms with van der Waals surface area (Å²) in [5.74, 6) is 1.82. The Kier molecular flexibility index (Phi) is 5.45. The quantitative estimate of drug-likeness (QED) is 0.553. The first kappa shape index (κ1) is 20.9. The van der Waals surface area contributed by atoms with Crippen LogP contribution in [0.3, 0.4) is 0 Å². The van der Waals surface area contributed by atoms with E-state index in [9.17, 15) is 0 Å². The smallest absolute Gasteiger partial charge is 0.177 e. The van der Waals surface area contributed by atoms with Gasteiger partial charge in [0.25, 0.3) is 0 Å². The Balaban J connectivity index is 1.19. The molecule has 4 heterocycles. The van der Waals surface area contributed by atoms with E-state index in [1.807, 2.05) is 12.3 Å². The number of methoxy groups -OCH3 is 1. The molecule has 2 aromatic carbocycles. The van der Waals surface area contributed by atoms with Crippen molar-refractivity contribution in [2.24, 2.45) is 0 Å². The predicted molar refractivity (Wildman–Crippen MR) is 126 cm³/mol. The number of fused-ring (bicyclic) bond motifs is 2. The van der Waals surface area contributed by atoms with Crippen molar-refractivity contribution >= 4 is 10.9 Å². The van der Waals surface area contributed by atoms with Crippen molar-refractivity contribution in [3.63, 3.8) is 0 Å². The minimum absolute atomic E-state index is 0.0801. The van der Waals surface area contributed by atoms with Crippen LogP contribution in [0.4, 0.5) is 0 Å². The Labute approximate surface area is 194 Å². The van der Waals surface area contributed by atoms with Crippen molar-refractivity contribution in [1.82, 2.24) is 10.0 Å². The van der Waals surface area contributed by atoms with E-state index in [0.29, 0.717) is 0 Å². The summed E-state index contributed by atoms with van der Waals surface area (Å²) in [5.41, 5.74) is 4.21. The molecule has 1 unspecified atom stereocenters. The van der Waals surface area contributed by atoms with Gasteiger partial charge in [-0.2, -0.15) is 5.06 Å². The van der Waals surface area contributed by atoms with Crippen molar-refractivity contribution in [2.75, 3.05) is 26.8 Å². The van der Waals surface area contributed by atoms with Gasteiger partial charge in [0.05, 0.1) is 7.11 Å². The van der Waals surface area contributed by atoms with Crippen molar-refractivity contribution in [3.8, 4) is 22.6 Å². The fraction of sp³-hybridized carbons (Fsp3) is 0.444. The van der Waals surface area contributed by atoms with Gasteiger partial charge in [0.15, 0.2) is 12.0 Å². The molecule has 3 aliphatic heterocycles. The molecular formula is C27H30N2O4. The van der Waals surface area contributed by atoms with Crippen LogP contribution in [0.15, 0.2) is 48.7 Å². The number of hydrogen-bond donors (Lipinski definition) is 0. The summed E-state index contributed by atoms with van der Waals surface area (Å²) >= 11 is 0. The lowest BCUT2D eigenvalue weighted by Gasteiger charge is -2.39. The molecule has 0 N–H and O–H groups in total. The molecule has 6 rings (SSSR count). The number of ether oxygens (including phenoxy) is 3. The second kappa shape index (κ2) is 8.60. The lowest BCUT2D eigenvalue weighted by Crippen LogP contribution is -2.48. The van der Waals surface area contributed by atoms with Gasteiger partial charge in [0.2, 0.25) is 0 Å². The normalized spacial score (nSPS) is 22.3. The standard InChI is InChI=1S/C27H30N2O4/c1-30-26-22(9-7-19-5-4-13-28-25(19)26)20-8-10-23-21(17-20)18-27(32-23)11-14-29(15-12-27)33-24-6-2-3-16-31-24/h4-5,7-10,13,17,24H,2-3,6,11-12,14-16,18H2,1H3. The molecule has 2 fully saturated rings. The van der Waals surface area contributed by atoms with E-state index in [0.717, 1.165) is 85.3 Å². The molecule has 0 bridgehead atoms. The number of benzene rings is 2. The summed E-state index contributed by atoms with van der Waals surface area (Å²) in [7, 11) is 1.71. The van der Waals surface area contributed by atoms with E-state index in [1.165, 1.54) is 12.0 Å². The molecule has 6 heteroatoms. The summed E-state index contributed by atoms with van der Waals surface area (Å²) in [5, 5.41) is 3.15. The zero-order chi connectivity index (χ0) is 22.3. The van der Waals surface area contributed by atoms with Crippen LogP contribution in [0, 0.1) is 0 Å². The van der Waals surface area contributed by atoms with Gasteiger partial charge in [0.1, 0.15) is 16.9 Å². The minimum Gasteiger partial charge on any atom is -0.494 e. The first-order chi connectivity index (χ1) is 16.2. The lowest BCUT2D eigenvalue weighted by atomic mass is 9.87. The Morgan fingerprint density at radius 1 is 1.09 bits per heavy atom. The van der Waals surface area contributed by atoms with E-state index < -0.39 is 0 Å². The van der Waals surface area contributed by atoms with Crippen molar-refractivity contribution in [2.45, 2.75) is 50.4 Å². The minimum atomic E-state index is -0.136. The van der Waals surface area contributed by atoms with E-state index in [-0.39, 0.29) is 11.9 Å². The molecule has 1 aromatic heterocycles. The molecule has 33 heavy (non-hydrogen) atoms. The largest absolute Gasteiger partial charge is 0.494 e. The first-order valence-corrected chi connectivity index (χ1v) is 12.0. The van der Waals surface area contributed by atoms with Gasteiger partial charge >= 0.3 is 0 Å². The third-order valence-corrected chi connectivity index (χ3v) is 7.18. The van der Waals surface area contributed by atoms with E-state index in [4.69, 9.17) is 19.0 Å². The van der Waals surface area contributed by atoms with Gasteiger partial charge < -0.3 is 14.2 Å². The molecule has 0 amide bonds. The Morgan fingerprint density at radius 3 is 2.82 bits per heavy atom. The van der Waals surface area contributed by atoms with Gasteiger partial charge in [-0.25, -0.2) is 0 Å². The number of rotatable bonds is 4. The first-order valence-electron chi connectivity index (χ1n) is 12.0. The summed E-state index contributed by atoms with van der Waals surface area (Å²) in [4.78, 5) is 10.6. The number of hydrogen-bond acceptors (Lipinski definition) is 6. The Bertz CT molecular complexity index is 1150. The van der Waals surface area contributed by atoms with Gasteiger partial charge in [-0.1, -0.05) is 18.2 Å². The second-order valence-corrected chi connectivity index (χ2v) is 9.34. The van der Waals surface area contributed by atoms with Crippen LogP contribution >= 0.6 is 0 Å². The second-order valence-electron chi connectivity index (χ2n) is 9.34. The zero-order valence-electron chi connectivity index (χ0n) is 19.1. The third-order valence-electron chi connectivity index (χ3n) is 7.18. The third kappa shape index (κ3) is 3.97. The summed E-state index contributed by atoms with van der Waals surface area (Å²) in [6.45, 7) is 2.54. The van der Waals surface area contributed by atoms with E-state index in [2.05, 4.69) is 46.4 Å². The Hall–Kier alpha value is -2.67. The maximum atomic E-state index is 6.53. The highest BCUT2D eigenvalue weighted by atomic mass is 16.8. The van der Waals surface area contributed by atoms with Crippen LogP contribution in [0.1, 0.15) is 37.7 Å². The van der Waals surface area contributed by atoms with E-state index in [1.54, 1.807) is 7.11 Å². The van der Waals surface area contributed by atoms with Crippen LogP contribution in [-0.4, -0.2) is 48.7 Å². The molecule has 172 valence electrons. The molecule has 0 saturated carbocycles. The SMILES string of the molecule is COc1c(-c2ccc3c(c2)CC2(CCN(OC4CCCCO4)CC2)O3)ccc2cccnc12. The van der Waals surface area contributed by atoms with Crippen LogP contribution in [0.2, 0.25) is 0 Å². The van der Waals surface area contributed by atoms with Crippen LogP contribution in [0.25, 0.3) is 22.0 Å². The number of piperidine rings is 1. The van der Waals surface area contributed by atoms with Crippen molar-refractivity contribution < 1.29 is 19.0 Å². The fourth-order valence-corrected chi connectivity index (χ4v) is 5.39. The summed E-state index contributed by atoms with van der Waals surface area (Å²) in [6, 6.07) is 14.7. The summed E-state index contributed by atoms with van der Waals surface area (Å²) < 4.78 is 18.1. The summed E-state index contributed by atoms with van der Waals surface area (Å²) in [6.07, 6.45) is 7.87. The topological polar surface area (TPSA) is 53.1 Å². The number of aromatic nitrogens is 1. The molecule has 3 aromatic rings. The lowest BCUT2D eigenvalue weighted by molar-refractivity contribution is -0.300. The molecule has 0 aliphatic carbocycles. The number of hydroxylamine groups is 2. The van der Waals surface area contributed by atoms with Crippen LogP contribution in [0.5, 0.6) is 11.5 Å². The molecule has 0 radical (unpaired) electrons. The average Bonchev–Trinajstić information content (AvgIpc) is 3.22. The van der Waals surface area contributed by atoms with Gasteiger partial charge in [-0.3, -0.25) is 9.82 Å². The molecule has 1 spiro atoms.